The Bertz CT molecular complexity index is 531. The molecule has 6 heteroatoms. The lowest BCUT2D eigenvalue weighted by Gasteiger charge is -2.30. The van der Waals surface area contributed by atoms with Gasteiger partial charge in [-0.15, -0.1) is 0 Å². The summed E-state index contributed by atoms with van der Waals surface area (Å²) in [4.78, 5) is 0.326. The van der Waals surface area contributed by atoms with Gasteiger partial charge in [-0.25, -0.2) is 13.1 Å². The zero-order chi connectivity index (χ0) is 14.6. The Kier molecular flexibility index (Phi) is 6.08. The van der Waals surface area contributed by atoms with Gasteiger partial charge in [0, 0.05) is 16.3 Å². The minimum absolute atomic E-state index is 0.326. The summed E-state index contributed by atoms with van der Waals surface area (Å²) in [6.45, 7) is 0.536. The van der Waals surface area contributed by atoms with Crippen molar-refractivity contribution in [3.05, 3.63) is 28.7 Å². The highest BCUT2D eigenvalue weighted by molar-refractivity contribution is 9.10. The quantitative estimate of drug-likeness (QED) is 0.727. The molecule has 1 aromatic rings. The fourth-order valence-electron chi connectivity index (χ4n) is 2.67. The Hall–Kier alpha value is 0.0900. The van der Waals surface area contributed by atoms with Gasteiger partial charge in [0.15, 0.2) is 0 Å². The number of hydrogen-bond acceptors (Lipinski definition) is 2. The topological polar surface area (TPSA) is 46.2 Å². The van der Waals surface area contributed by atoms with Gasteiger partial charge >= 0.3 is 0 Å². The zero-order valence-electron chi connectivity index (χ0n) is 11.2. The summed E-state index contributed by atoms with van der Waals surface area (Å²) in [6.07, 6.45) is 4.76. The van der Waals surface area contributed by atoms with Gasteiger partial charge in [0.25, 0.3) is 0 Å². The monoisotopic (exact) mass is 423 g/mol. The molecule has 3 nitrogen and oxygen atoms in total. The van der Waals surface area contributed by atoms with Gasteiger partial charge in [-0.3, -0.25) is 0 Å². The van der Waals surface area contributed by atoms with E-state index in [0.29, 0.717) is 23.3 Å². The molecule has 1 aromatic carbocycles. The summed E-state index contributed by atoms with van der Waals surface area (Å²) in [5.74, 6) is 1.02. The van der Waals surface area contributed by atoms with E-state index in [4.69, 9.17) is 0 Å². The molecule has 0 bridgehead atoms. The van der Waals surface area contributed by atoms with E-state index >= 15 is 0 Å². The van der Waals surface area contributed by atoms with E-state index in [2.05, 4.69) is 36.6 Å². The molecule has 0 heterocycles. The van der Waals surface area contributed by atoms with Gasteiger partial charge in [0.1, 0.15) is 0 Å². The first-order valence-electron chi connectivity index (χ1n) is 6.84. The van der Waals surface area contributed by atoms with E-state index in [9.17, 15) is 8.42 Å². The van der Waals surface area contributed by atoms with Crippen LogP contribution < -0.4 is 4.72 Å². The first-order valence-corrected chi connectivity index (χ1v) is 10.2. The van der Waals surface area contributed by atoms with E-state index in [0.717, 1.165) is 16.2 Å². The molecule has 1 aliphatic rings. The first kappa shape index (κ1) is 16.5. The maximum Gasteiger partial charge on any atom is 0.240 e. The van der Waals surface area contributed by atoms with Crippen molar-refractivity contribution in [2.45, 2.75) is 30.6 Å². The fraction of sp³-hybridized carbons (Fsp3) is 0.571. The van der Waals surface area contributed by atoms with Gasteiger partial charge in [-0.05, 0) is 48.9 Å². The van der Waals surface area contributed by atoms with Crippen LogP contribution in [0.15, 0.2) is 33.6 Å². The molecule has 0 aromatic heterocycles. The summed E-state index contributed by atoms with van der Waals surface area (Å²) in [5, 5.41) is 0.956. The zero-order valence-corrected chi connectivity index (χ0v) is 15.2. The summed E-state index contributed by atoms with van der Waals surface area (Å²) in [6, 6.07) is 6.73. The Balaban J connectivity index is 1.99. The predicted molar refractivity (Wildman–Crippen MR) is 88.6 cm³/mol. The second kappa shape index (κ2) is 7.38. The number of alkyl halides is 1. The number of rotatable bonds is 5. The van der Waals surface area contributed by atoms with E-state index in [1.165, 1.54) is 19.3 Å². The highest BCUT2D eigenvalue weighted by Gasteiger charge is 2.25. The standard InChI is InChI=1S/C14H19Br2NO2S/c15-9-11-3-1-2-4-12(11)10-17-20(18,19)14-7-5-13(16)6-8-14/h5-8,11-12,17H,1-4,9-10H2. The molecule has 0 spiro atoms. The van der Waals surface area contributed by atoms with Crippen molar-refractivity contribution in [2.24, 2.45) is 11.8 Å². The Morgan fingerprint density at radius 1 is 1.10 bits per heavy atom. The third-order valence-corrected chi connectivity index (χ3v) is 6.72. The SMILES string of the molecule is O=S(=O)(NCC1CCCCC1CBr)c1ccc(Br)cc1. The molecule has 2 atom stereocenters. The maximum atomic E-state index is 12.2. The van der Waals surface area contributed by atoms with Gasteiger partial charge in [-0.1, -0.05) is 44.7 Å². The molecule has 20 heavy (non-hydrogen) atoms. The average molecular weight is 425 g/mol. The van der Waals surface area contributed by atoms with Crippen LogP contribution in [0, 0.1) is 11.8 Å². The lowest BCUT2D eigenvalue weighted by molar-refractivity contribution is 0.263. The molecule has 1 aliphatic carbocycles. The molecule has 0 radical (unpaired) electrons. The molecule has 1 fully saturated rings. The van der Waals surface area contributed by atoms with Gasteiger partial charge < -0.3 is 0 Å². The van der Waals surface area contributed by atoms with E-state index < -0.39 is 10.0 Å². The van der Waals surface area contributed by atoms with Crippen LogP contribution in [0.5, 0.6) is 0 Å². The van der Waals surface area contributed by atoms with Crippen LogP contribution in [0.1, 0.15) is 25.7 Å². The summed E-state index contributed by atoms with van der Waals surface area (Å²) in [5.41, 5.74) is 0. The smallest absolute Gasteiger partial charge is 0.211 e. The Labute approximate surface area is 137 Å². The number of benzene rings is 1. The number of nitrogens with one attached hydrogen (secondary N) is 1. The van der Waals surface area contributed by atoms with Crippen LogP contribution >= 0.6 is 31.9 Å². The molecule has 112 valence electrons. The van der Waals surface area contributed by atoms with Crippen LogP contribution in [0.3, 0.4) is 0 Å². The molecule has 0 aliphatic heterocycles. The van der Waals surface area contributed by atoms with Crippen molar-refractivity contribution in [3.63, 3.8) is 0 Å². The minimum atomic E-state index is -3.39. The summed E-state index contributed by atoms with van der Waals surface area (Å²) in [7, 11) is -3.39. The lowest BCUT2D eigenvalue weighted by Crippen LogP contribution is -2.34. The van der Waals surface area contributed by atoms with Gasteiger partial charge in [0.2, 0.25) is 10.0 Å². The van der Waals surface area contributed by atoms with Crippen LogP contribution in [-0.4, -0.2) is 20.3 Å². The van der Waals surface area contributed by atoms with Crippen LogP contribution in [-0.2, 0) is 10.0 Å². The van der Waals surface area contributed by atoms with E-state index in [1.807, 2.05) is 0 Å². The predicted octanol–water partition coefficient (Wildman–Crippen LogP) is 3.93. The molecule has 1 N–H and O–H groups in total. The molecule has 2 unspecified atom stereocenters. The number of hydrogen-bond donors (Lipinski definition) is 1. The molecule has 0 amide bonds. The van der Waals surface area contributed by atoms with Crippen molar-refractivity contribution in [2.75, 3.05) is 11.9 Å². The van der Waals surface area contributed by atoms with Crippen LogP contribution in [0.25, 0.3) is 0 Å². The highest BCUT2D eigenvalue weighted by atomic mass is 79.9. The Morgan fingerprint density at radius 2 is 1.70 bits per heavy atom. The molecule has 2 rings (SSSR count). The van der Waals surface area contributed by atoms with Crippen LogP contribution in [0.4, 0.5) is 0 Å². The first-order chi connectivity index (χ1) is 9.53. The molecular weight excluding hydrogens is 406 g/mol. The third-order valence-electron chi connectivity index (χ3n) is 3.92. The minimum Gasteiger partial charge on any atom is -0.211 e. The second-order valence-corrected chi connectivity index (χ2v) is 8.59. The van der Waals surface area contributed by atoms with Crippen molar-refractivity contribution < 1.29 is 8.42 Å². The third kappa shape index (κ3) is 4.29. The number of sulfonamides is 1. The normalized spacial score (nSPS) is 23.7. The van der Waals surface area contributed by atoms with Gasteiger partial charge in [-0.2, -0.15) is 0 Å². The Morgan fingerprint density at radius 3 is 2.30 bits per heavy atom. The second-order valence-electron chi connectivity index (χ2n) is 5.26. The summed E-state index contributed by atoms with van der Waals surface area (Å²) >= 11 is 6.85. The van der Waals surface area contributed by atoms with Crippen molar-refractivity contribution >= 4 is 41.9 Å². The highest BCUT2D eigenvalue weighted by Crippen LogP contribution is 2.31. The maximum absolute atomic E-state index is 12.2. The van der Waals surface area contributed by atoms with Crippen molar-refractivity contribution in [1.29, 1.82) is 0 Å². The van der Waals surface area contributed by atoms with Crippen LogP contribution in [0.2, 0.25) is 0 Å². The average Bonchev–Trinajstić information content (AvgIpc) is 2.46. The molecular formula is C14H19Br2NO2S. The van der Waals surface area contributed by atoms with Gasteiger partial charge in [0.05, 0.1) is 4.90 Å². The summed E-state index contributed by atoms with van der Waals surface area (Å²) < 4.78 is 28.1. The van der Waals surface area contributed by atoms with Crippen molar-refractivity contribution in [3.8, 4) is 0 Å². The fourth-order valence-corrected chi connectivity index (χ4v) is 4.88. The largest absolute Gasteiger partial charge is 0.240 e. The van der Waals surface area contributed by atoms with Crippen molar-refractivity contribution in [1.82, 2.24) is 4.72 Å². The van der Waals surface area contributed by atoms with E-state index in [-0.39, 0.29) is 0 Å². The lowest BCUT2D eigenvalue weighted by atomic mass is 9.80. The van der Waals surface area contributed by atoms with E-state index in [1.54, 1.807) is 24.3 Å². The number of halogens is 2. The molecule has 0 saturated heterocycles. The molecule has 1 saturated carbocycles.